The quantitative estimate of drug-likeness (QED) is 0.392. The van der Waals surface area contributed by atoms with E-state index in [2.05, 4.69) is 10.3 Å². The number of nitrogens with one attached hydrogen (secondary N) is 1. The number of para-hydroxylation sites is 1. The molecule has 7 nitrogen and oxygen atoms in total. The minimum absolute atomic E-state index is 0.309. The van der Waals surface area contributed by atoms with Gasteiger partial charge in [-0.15, -0.1) is 0 Å². The van der Waals surface area contributed by atoms with E-state index in [1.165, 1.54) is 35.1 Å². The maximum absolute atomic E-state index is 13.8. The molecule has 1 unspecified atom stereocenters. The van der Waals surface area contributed by atoms with Crippen LogP contribution < -0.4 is 29.7 Å². The summed E-state index contributed by atoms with van der Waals surface area (Å²) in [6.07, 6.45) is 1.70. The van der Waals surface area contributed by atoms with Gasteiger partial charge in [0.15, 0.2) is 16.3 Å². The summed E-state index contributed by atoms with van der Waals surface area (Å²) in [5, 5.41) is 3.00. The Kier molecular flexibility index (Phi) is 7.17. The number of allylic oxidation sites excluding steroid dienone is 1. The number of nitrogens with zero attached hydrogens (tertiary/aromatic N) is 2. The van der Waals surface area contributed by atoms with Crippen LogP contribution in [-0.2, 0) is 4.79 Å². The molecular weight excluding hydrogens is 517 g/mol. The monoisotopic (exact) mass is 543 g/mol. The van der Waals surface area contributed by atoms with Crippen LogP contribution in [0.2, 0.25) is 0 Å². The summed E-state index contributed by atoms with van der Waals surface area (Å²) in [4.78, 5) is 32.8. The molecule has 1 aliphatic heterocycles. The van der Waals surface area contributed by atoms with Gasteiger partial charge >= 0.3 is 0 Å². The smallest absolute Gasteiger partial charge is 0.271 e. The molecule has 1 aromatic heterocycles. The number of methoxy groups -OCH3 is 2. The highest BCUT2D eigenvalue weighted by Crippen LogP contribution is 2.36. The second-order valence-electron chi connectivity index (χ2n) is 9.02. The minimum atomic E-state index is -0.777. The largest absolute Gasteiger partial charge is 0.493 e. The topological polar surface area (TPSA) is 81.9 Å². The number of halogens is 1. The van der Waals surface area contributed by atoms with E-state index in [1.807, 2.05) is 37.3 Å². The summed E-state index contributed by atoms with van der Waals surface area (Å²) in [6.45, 7) is 3.67. The molecule has 0 saturated carbocycles. The second-order valence-corrected chi connectivity index (χ2v) is 10.0. The number of aromatic nitrogens is 1. The summed E-state index contributed by atoms with van der Waals surface area (Å²) in [6, 6.07) is 17.9. The Morgan fingerprint density at radius 3 is 2.44 bits per heavy atom. The van der Waals surface area contributed by atoms with Gasteiger partial charge in [0.1, 0.15) is 5.82 Å². The van der Waals surface area contributed by atoms with E-state index >= 15 is 0 Å². The number of carbonyl (C=O) groups excluding carboxylic acids is 1. The predicted molar refractivity (Wildman–Crippen MR) is 150 cm³/mol. The van der Waals surface area contributed by atoms with Gasteiger partial charge in [0, 0.05) is 5.69 Å². The molecule has 1 amide bonds. The van der Waals surface area contributed by atoms with Crippen molar-refractivity contribution in [1.29, 1.82) is 0 Å². The van der Waals surface area contributed by atoms with Gasteiger partial charge < -0.3 is 14.8 Å². The molecule has 39 heavy (non-hydrogen) atoms. The number of hydrogen-bond donors (Lipinski definition) is 1. The molecule has 5 rings (SSSR count). The lowest BCUT2D eigenvalue weighted by Crippen LogP contribution is -2.40. The van der Waals surface area contributed by atoms with Crippen LogP contribution in [0.5, 0.6) is 11.5 Å². The third-order valence-corrected chi connectivity index (χ3v) is 7.53. The first-order chi connectivity index (χ1) is 18.8. The maximum atomic E-state index is 13.8. The van der Waals surface area contributed by atoms with Gasteiger partial charge in [-0.3, -0.25) is 14.2 Å². The van der Waals surface area contributed by atoms with E-state index < -0.39 is 6.04 Å². The standard InChI is InChI=1S/C30H26FN3O4S/c1-17-7-5-6-8-22(17)33-28(35)26-18(2)32-30-34(27(26)20-11-14-23(37-3)24(16-20)38-4)29(36)25(39-30)15-19-9-12-21(31)13-10-19/h5-16,27H,1-4H3,(H,33,35)/b25-15+. The van der Waals surface area contributed by atoms with Gasteiger partial charge in [0.05, 0.1) is 36.1 Å². The van der Waals surface area contributed by atoms with Gasteiger partial charge in [-0.05, 0) is 66.9 Å². The Morgan fingerprint density at radius 2 is 1.74 bits per heavy atom. The number of carbonyl (C=O) groups is 1. The van der Waals surface area contributed by atoms with Crippen LogP contribution in [0.3, 0.4) is 0 Å². The molecular formula is C30H26FN3O4S. The highest BCUT2D eigenvalue weighted by Gasteiger charge is 2.33. The van der Waals surface area contributed by atoms with Crippen molar-refractivity contribution >= 4 is 29.0 Å². The highest BCUT2D eigenvalue weighted by molar-refractivity contribution is 7.07. The van der Waals surface area contributed by atoms with Gasteiger partial charge in [-0.2, -0.15) is 0 Å². The van der Waals surface area contributed by atoms with Crippen LogP contribution in [0, 0.1) is 12.7 Å². The van der Waals surface area contributed by atoms with Crippen LogP contribution in [0.1, 0.15) is 29.7 Å². The minimum Gasteiger partial charge on any atom is -0.493 e. The molecule has 3 aromatic carbocycles. The first-order valence-electron chi connectivity index (χ1n) is 12.2. The van der Waals surface area contributed by atoms with Crippen molar-refractivity contribution < 1.29 is 18.7 Å². The van der Waals surface area contributed by atoms with E-state index in [0.717, 1.165) is 5.56 Å². The summed E-state index contributed by atoms with van der Waals surface area (Å²) < 4.78 is 26.3. The molecule has 0 radical (unpaired) electrons. The summed E-state index contributed by atoms with van der Waals surface area (Å²) in [5.41, 5.74) is 3.44. The number of thiazole rings is 1. The molecule has 0 fully saturated rings. The van der Waals surface area contributed by atoms with Crippen LogP contribution in [-0.4, -0.2) is 24.7 Å². The van der Waals surface area contributed by atoms with Crippen molar-refractivity contribution in [3.05, 3.63) is 120 Å². The van der Waals surface area contributed by atoms with E-state index in [9.17, 15) is 14.0 Å². The van der Waals surface area contributed by atoms with Gasteiger partial charge in [-0.1, -0.05) is 47.7 Å². The number of aryl methyl sites for hydroxylation is 1. The Labute approximate surface area is 228 Å². The lowest BCUT2D eigenvalue weighted by atomic mass is 9.94. The Hall–Kier alpha value is -4.50. The van der Waals surface area contributed by atoms with Crippen molar-refractivity contribution in [1.82, 2.24) is 4.57 Å². The van der Waals surface area contributed by atoms with Gasteiger partial charge in [0.2, 0.25) is 0 Å². The number of ether oxygens (including phenoxy) is 2. The zero-order chi connectivity index (χ0) is 27.7. The third kappa shape index (κ3) is 5.00. The van der Waals surface area contributed by atoms with Crippen molar-refractivity contribution in [3.8, 4) is 11.5 Å². The average Bonchev–Trinajstić information content (AvgIpc) is 3.23. The van der Waals surface area contributed by atoms with Crippen molar-refractivity contribution in [2.45, 2.75) is 19.9 Å². The van der Waals surface area contributed by atoms with Crippen LogP contribution in [0.25, 0.3) is 6.08 Å². The normalized spacial score (nSPS) is 15.0. The zero-order valence-corrected chi connectivity index (χ0v) is 22.6. The Bertz CT molecular complexity index is 1790. The number of rotatable bonds is 6. The zero-order valence-electron chi connectivity index (χ0n) is 21.8. The summed E-state index contributed by atoms with van der Waals surface area (Å²) in [7, 11) is 3.07. The molecule has 0 bridgehead atoms. The molecule has 0 spiro atoms. The molecule has 1 atom stereocenters. The van der Waals surface area contributed by atoms with Crippen LogP contribution in [0.15, 0.2) is 87.8 Å². The average molecular weight is 544 g/mol. The molecule has 1 aliphatic rings. The predicted octanol–water partition coefficient (Wildman–Crippen LogP) is 4.34. The van der Waals surface area contributed by atoms with Crippen molar-refractivity contribution in [3.63, 3.8) is 0 Å². The molecule has 0 saturated heterocycles. The fourth-order valence-corrected chi connectivity index (χ4v) is 5.61. The van der Waals surface area contributed by atoms with Crippen LogP contribution in [0.4, 0.5) is 10.1 Å². The SMILES string of the molecule is COc1ccc(C2C(C(=O)Nc3ccccc3C)=C(C)N=c3s/c(=C/c4ccc(F)cc4)c(=O)n32)cc1OC. The third-order valence-electron chi connectivity index (χ3n) is 6.55. The second kappa shape index (κ2) is 10.7. The molecule has 0 aliphatic carbocycles. The molecule has 4 aromatic rings. The number of amides is 1. The summed E-state index contributed by atoms with van der Waals surface area (Å²) >= 11 is 1.21. The maximum Gasteiger partial charge on any atom is 0.271 e. The fraction of sp³-hybridized carbons (Fsp3) is 0.167. The number of hydrogen-bond acceptors (Lipinski definition) is 6. The lowest BCUT2D eigenvalue weighted by molar-refractivity contribution is -0.113. The van der Waals surface area contributed by atoms with Gasteiger partial charge in [-0.25, -0.2) is 9.38 Å². The molecule has 2 heterocycles. The van der Waals surface area contributed by atoms with E-state index in [1.54, 1.807) is 44.4 Å². The number of benzene rings is 3. The first kappa shape index (κ1) is 26.1. The number of fused-ring (bicyclic) bond motifs is 1. The van der Waals surface area contributed by atoms with E-state index in [4.69, 9.17) is 9.47 Å². The van der Waals surface area contributed by atoms with Gasteiger partial charge in [0.25, 0.3) is 11.5 Å². The fourth-order valence-electron chi connectivity index (χ4n) is 4.56. The van der Waals surface area contributed by atoms with E-state index in [0.29, 0.717) is 48.9 Å². The lowest BCUT2D eigenvalue weighted by Gasteiger charge is -2.26. The van der Waals surface area contributed by atoms with Crippen molar-refractivity contribution in [2.75, 3.05) is 19.5 Å². The van der Waals surface area contributed by atoms with Crippen molar-refractivity contribution in [2.24, 2.45) is 4.99 Å². The van der Waals surface area contributed by atoms with E-state index in [-0.39, 0.29) is 17.3 Å². The Morgan fingerprint density at radius 1 is 1.03 bits per heavy atom. The molecule has 198 valence electrons. The molecule has 9 heteroatoms. The molecule has 1 N–H and O–H groups in total. The van der Waals surface area contributed by atoms with Crippen LogP contribution >= 0.6 is 11.3 Å². The Balaban J connectivity index is 1.70. The first-order valence-corrected chi connectivity index (χ1v) is 13.0. The highest BCUT2D eigenvalue weighted by atomic mass is 32.1. The summed E-state index contributed by atoms with van der Waals surface area (Å²) in [5.74, 6) is 0.272. The number of anilines is 1.